The summed E-state index contributed by atoms with van der Waals surface area (Å²) in [6, 6.07) is 4.36. The minimum atomic E-state index is -3.31. The van der Waals surface area contributed by atoms with Crippen LogP contribution in [-0.4, -0.2) is 56.4 Å². The van der Waals surface area contributed by atoms with E-state index in [4.69, 9.17) is 0 Å². The zero-order valence-corrected chi connectivity index (χ0v) is 15.9. The molecule has 0 saturated carbocycles. The Morgan fingerprint density at radius 2 is 1.77 bits per heavy atom. The van der Waals surface area contributed by atoms with Crippen LogP contribution in [0.3, 0.4) is 0 Å². The smallest absolute Gasteiger partial charge is 0.261 e. The number of nitrogens with zero attached hydrogens (tertiary/aromatic N) is 1. The van der Waals surface area contributed by atoms with Crippen molar-refractivity contribution in [3.05, 3.63) is 34.9 Å². The van der Waals surface area contributed by atoms with Gasteiger partial charge < -0.3 is 5.32 Å². The fraction of sp³-hybridized carbons (Fsp3) is 0.471. The van der Waals surface area contributed by atoms with Crippen LogP contribution in [0, 0.1) is 5.92 Å². The van der Waals surface area contributed by atoms with E-state index in [0.717, 1.165) is 0 Å². The molecule has 0 fully saturated rings. The van der Waals surface area contributed by atoms with Gasteiger partial charge >= 0.3 is 0 Å². The summed E-state index contributed by atoms with van der Waals surface area (Å²) in [6.07, 6.45) is 0. The number of hydrogen-bond donors (Lipinski definition) is 2. The van der Waals surface area contributed by atoms with Crippen molar-refractivity contribution in [3.63, 3.8) is 0 Å². The van der Waals surface area contributed by atoms with E-state index < -0.39 is 21.8 Å². The number of amides is 3. The molecule has 1 aromatic rings. The van der Waals surface area contributed by atoms with Crippen LogP contribution in [0.25, 0.3) is 0 Å². The first-order valence-electron chi connectivity index (χ1n) is 8.42. The van der Waals surface area contributed by atoms with E-state index in [1.165, 1.54) is 30.0 Å². The first-order chi connectivity index (χ1) is 12.2. The molecule has 0 aliphatic carbocycles. The lowest BCUT2D eigenvalue weighted by molar-refractivity contribution is 0.0636. The molecule has 1 aliphatic rings. The predicted octanol–water partition coefficient (Wildman–Crippen LogP) is 0.608. The molecule has 26 heavy (non-hydrogen) atoms. The lowest BCUT2D eigenvalue weighted by Crippen LogP contribution is -2.35. The number of hydrogen-bond acceptors (Lipinski definition) is 5. The van der Waals surface area contributed by atoms with Gasteiger partial charge in [-0.1, -0.05) is 13.8 Å². The number of benzene rings is 1. The summed E-state index contributed by atoms with van der Waals surface area (Å²) < 4.78 is 25.0. The van der Waals surface area contributed by atoms with Crippen molar-refractivity contribution >= 4 is 27.7 Å². The van der Waals surface area contributed by atoms with Crippen LogP contribution in [0.2, 0.25) is 0 Å². The van der Waals surface area contributed by atoms with Gasteiger partial charge in [0.15, 0.2) is 0 Å². The van der Waals surface area contributed by atoms with E-state index in [1.54, 1.807) is 0 Å². The standard InChI is InChI=1S/C17H23N3O5S/c1-4-26(24,25)19-8-7-18-15(21)12-5-6-13-14(9-12)17(23)20(16(13)22)10-11(2)3/h5-6,9,11,19H,4,7-8,10H2,1-3H3,(H,18,21). The Kier molecular flexibility index (Phi) is 6.14. The van der Waals surface area contributed by atoms with Gasteiger partial charge in [0.25, 0.3) is 17.7 Å². The summed E-state index contributed by atoms with van der Waals surface area (Å²) in [5, 5.41) is 2.58. The molecule has 142 valence electrons. The third kappa shape index (κ3) is 4.47. The maximum absolute atomic E-state index is 12.4. The largest absolute Gasteiger partial charge is 0.351 e. The highest BCUT2D eigenvalue weighted by Gasteiger charge is 2.36. The number of nitrogens with one attached hydrogen (secondary N) is 2. The molecule has 3 amide bonds. The Hall–Kier alpha value is -2.26. The number of rotatable bonds is 8. The van der Waals surface area contributed by atoms with Crippen molar-refractivity contribution in [2.45, 2.75) is 20.8 Å². The predicted molar refractivity (Wildman–Crippen MR) is 96.4 cm³/mol. The van der Waals surface area contributed by atoms with Crippen LogP contribution < -0.4 is 10.0 Å². The van der Waals surface area contributed by atoms with Crippen molar-refractivity contribution in [1.29, 1.82) is 0 Å². The molecule has 0 radical (unpaired) electrons. The van der Waals surface area contributed by atoms with Gasteiger partial charge in [0.05, 0.1) is 16.9 Å². The van der Waals surface area contributed by atoms with Crippen LogP contribution in [0.4, 0.5) is 0 Å². The van der Waals surface area contributed by atoms with Gasteiger partial charge in [0.2, 0.25) is 10.0 Å². The lowest BCUT2D eigenvalue weighted by Gasteiger charge is -2.15. The van der Waals surface area contributed by atoms with Crippen molar-refractivity contribution in [2.24, 2.45) is 5.92 Å². The minimum Gasteiger partial charge on any atom is -0.351 e. The fourth-order valence-corrected chi connectivity index (χ4v) is 3.17. The third-order valence-corrected chi connectivity index (χ3v) is 5.30. The molecule has 0 bridgehead atoms. The summed E-state index contributed by atoms with van der Waals surface area (Å²) in [5.74, 6) is -1.07. The Morgan fingerprint density at radius 3 is 2.38 bits per heavy atom. The van der Waals surface area contributed by atoms with E-state index >= 15 is 0 Å². The van der Waals surface area contributed by atoms with Crippen molar-refractivity contribution in [3.8, 4) is 0 Å². The highest BCUT2D eigenvalue weighted by molar-refractivity contribution is 7.89. The Bertz CT molecular complexity index is 833. The number of imide groups is 1. The Morgan fingerprint density at radius 1 is 1.12 bits per heavy atom. The summed E-state index contributed by atoms with van der Waals surface area (Å²) >= 11 is 0. The van der Waals surface area contributed by atoms with Gasteiger partial charge in [0.1, 0.15) is 0 Å². The molecule has 1 heterocycles. The van der Waals surface area contributed by atoms with Gasteiger partial charge in [-0.05, 0) is 31.0 Å². The second-order valence-corrected chi connectivity index (χ2v) is 8.52. The van der Waals surface area contributed by atoms with Crippen molar-refractivity contribution in [2.75, 3.05) is 25.4 Å². The van der Waals surface area contributed by atoms with E-state index in [0.29, 0.717) is 12.1 Å². The van der Waals surface area contributed by atoms with Crippen LogP contribution in [0.5, 0.6) is 0 Å². The molecule has 1 aliphatic heterocycles. The third-order valence-electron chi connectivity index (χ3n) is 3.89. The molecular weight excluding hydrogens is 358 g/mol. The molecule has 0 spiro atoms. The summed E-state index contributed by atoms with van der Waals surface area (Å²) in [5.41, 5.74) is 0.757. The second-order valence-electron chi connectivity index (χ2n) is 6.43. The first kappa shape index (κ1) is 20.1. The van der Waals surface area contributed by atoms with E-state index in [2.05, 4.69) is 10.0 Å². The topological polar surface area (TPSA) is 113 Å². The fourth-order valence-electron chi connectivity index (χ4n) is 2.55. The van der Waals surface area contributed by atoms with Crippen molar-refractivity contribution in [1.82, 2.24) is 14.9 Å². The van der Waals surface area contributed by atoms with Crippen LogP contribution in [0.15, 0.2) is 18.2 Å². The maximum atomic E-state index is 12.4. The van der Waals surface area contributed by atoms with E-state index in [-0.39, 0.29) is 41.8 Å². The highest BCUT2D eigenvalue weighted by Crippen LogP contribution is 2.24. The SMILES string of the molecule is CCS(=O)(=O)NCCNC(=O)c1ccc2c(c1)C(=O)N(CC(C)C)C2=O. The monoisotopic (exact) mass is 381 g/mol. The Labute approximate surface area is 153 Å². The summed E-state index contributed by atoms with van der Waals surface area (Å²) in [6.45, 7) is 5.86. The number of fused-ring (bicyclic) bond motifs is 1. The van der Waals surface area contributed by atoms with E-state index in [9.17, 15) is 22.8 Å². The molecule has 8 nitrogen and oxygen atoms in total. The van der Waals surface area contributed by atoms with Gasteiger partial charge in [-0.25, -0.2) is 13.1 Å². The normalized spacial score (nSPS) is 14.1. The van der Waals surface area contributed by atoms with Gasteiger partial charge in [-0.3, -0.25) is 19.3 Å². The number of sulfonamides is 1. The molecule has 0 unspecified atom stereocenters. The second kappa shape index (κ2) is 7.96. The zero-order valence-electron chi connectivity index (χ0n) is 15.0. The van der Waals surface area contributed by atoms with Crippen LogP contribution in [-0.2, 0) is 10.0 Å². The molecule has 0 aromatic heterocycles. The molecule has 2 rings (SSSR count). The minimum absolute atomic E-state index is 0.0330. The number of carbonyl (C=O) groups excluding carboxylic acids is 3. The summed E-state index contributed by atoms with van der Waals surface area (Å²) in [4.78, 5) is 38.1. The Balaban J connectivity index is 2.03. The molecule has 0 saturated heterocycles. The van der Waals surface area contributed by atoms with Gasteiger partial charge in [0, 0.05) is 25.2 Å². The summed E-state index contributed by atoms with van der Waals surface area (Å²) in [7, 11) is -3.31. The van der Waals surface area contributed by atoms with Gasteiger partial charge in [-0.15, -0.1) is 0 Å². The maximum Gasteiger partial charge on any atom is 0.261 e. The molecular formula is C17H23N3O5S. The number of carbonyl (C=O) groups is 3. The lowest BCUT2D eigenvalue weighted by atomic mass is 10.1. The van der Waals surface area contributed by atoms with Gasteiger partial charge in [-0.2, -0.15) is 0 Å². The van der Waals surface area contributed by atoms with Crippen molar-refractivity contribution < 1.29 is 22.8 Å². The highest BCUT2D eigenvalue weighted by atomic mass is 32.2. The van der Waals surface area contributed by atoms with Crippen LogP contribution >= 0.6 is 0 Å². The average Bonchev–Trinajstić information content (AvgIpc) is 2.82. The zero-order chi connectivity index (χ0) is 19.5. The molecule has 2 N–H and O–H groups in total. The molecule has 1 aromatic carbocycles. The average molecular weight is 381 g/mol. The quantitative estimate of drug-likeness (QED) is 0.506. The van der Waals surface area contributed by atoms with Crippen LogP contribution in [0.1, 0.15) is 51.8 Å². The van der Waals surface area contributed by atoms with E-state index in [1.807, 2.05) is 13.8 Å². The molecule has 9 heteroatoms. The molecule has 0 atom stereocenters. The first-order valence-corrected chi connectivity index (χ1v) is 10.1.